The lowest BCUT2D eigenvalue weighted by molar-refractivity contribution is 0.102. The third-order valence-electron chi connectivity index (χ3n) is 6.87. The Morgan fingerprint density at radius 1 is 0.886 bits per heavy atom. The molecular weight excluding hydrogens is 432 g/mol. The molecule has 5 heteroatoms. The van der Waals surface area contributed by atoms with Crippen molar-refractivity contribution in [3.63, 3.8) is 0 Å². The number of anilines is 2. The average molecular weight is 467 g/mol. The molecule has 35 heavy (non-hydrogen) atoms. The van der Waals surface area contributed by atoms with Gasteiger partial charge in [0.25, 0.3) is 5.91 Å². The summed E-state index contributed by atoms with van der Waals surface area (Å²) in [7, 11) is 0. The summed E-state index contributed by atoms with van der Waals surface area (Å²) < 4.78 is 1.93. The van der Waals surface area contributed by atoms with Crippen molar-refractivity contribution in [1.82, 2.24) is 9.78 Å². The molecule has 1 N–H and O–H groups in total. The van der Waals surface area contributed by atoms with E-state index in [9.17, 15) is 4.79 Å². The smallest absolute Gasteiger partial charge is 0.276 e. The van der Waals surface area contributed by atoms with Gasteiger partial charge in [-0.3, -0.25) is 9.48 Å². The second-order valence-electron chi connectivity index (χ2n) is 10.5. The molecule has 0 saturated carbocycles. The molecule has 180 valence electrons. The van der Waals surface area contributed by atoms with E-state index in [1.54, 1.807) is 0 Å². The number of piperidine rings is 1. The Bertz CT molecular complexity index is 1310. The molecule has 4 aromatic rings. The highest BCUT2D eigenvalue weighted by Gasteiger charge is 2.18. The van der Waals surface area contributed by atoms with Crippen LogP contribution in [-0.4, -0.2) is 28.8 Å². The molecule has 0 aliphatic carbocycles. The fourth-order valence-electron chi connectivity index (χ4n) is 4.80. The highest BCUT2D eigenvalue weighted by atomic mass is 16.2. The van der Waals surface area contributed by atoms with Crippen LogP contribution in [0, 0.1) is 0 Å². The third kappa shape index (κ3) is 5.09. The van der Waals surface area contributed by atoms with Gasteiger partial charge >= 0.3 is 0 Å². The summed E-state index contributed by atoms with van der Waals surface area (Å²) in [5.41, 5.74) is 5.99. The van der Waals surface area contributed by atoms with Crippen molar-refractivity contribution in [3.05, 3.63) is 89.6 Å². The first-order valence-corrected chi connectivity index (χ1v) is 12.6. The lowest BCUT2D eigenvalue weighted by Crippen LogP contribution is -2.29. The second-order valence-corrected chi connectivity index (χ2v) is 10.5. The monoisotopic (exact) mass is 466 g/mol. The zero-order chi connectivity index (χ0) is 24.4. The summed E-state index contributed by atoms with van der Waals surface area (Å²) in [6, 6.07) is 24.8. The zero-order valence-electron chi connectivity index (χ0n) is 20.9. The maximum absolute atomic E-state index is 13.2. The van der Waals surface area contributed by atoms with Crippen molar-refractivity contribution in [2.75, 3.05) is 23.3 Å². The van der Waals surface area contributed by atoms with Crippen LogP contribution in [0.4, 0.5) is 11.4 Å². The Morgan fingerprint density at radius 3 is 2.26 bits per heavy atom. The molecule has 2 heterocycles. The molecule has 1 fully saturated rings. The summed E-state index contributed by atoms with van der Waals surface area (Å²) in [5, 5.41) is 8.65. The largest absolute Gasteiger partial charge is 0.372 e. The number of nitrogens with one attached hydrogen (secondary N) is 1. The Kier molecular flexibility index (Phi) is 6.33. The van der Waals surface area contributed by atoms with E-state index >= 15 is 0 Å². The van der Waals surface area contributed by atoms with Crippen LogP contribution in [0.5, 0.6) is 0 Å². The minimum absolute atomic E-state index is 0.119. The van der Waals surface area contributed by atoms with Gasteiger partial charge in [0.2, 0.25) is 0 Å². The van der Waals surface area contributed by atoms with Gasteiger partial charge in [-0.05, 0) is 66.1 Å². The van der Waals surface area contributed by atoms with Crippen molar-refractivity contribution in [2.24, 2.45) is 0 Å². The Hall–Kier alpha value is -3.60. The van der Waals surface area contributed by atoms with Gasteiger partial charge in [-0.15, -0.1) is 0 Å². The van der Waals surface area contributed by atoms with Crippen molar-refractivity contribution in [1.29, 1.82) is 0 Å². The predicted molar refractivity (Wildman–Crippen MR) is 144 cm³/mol. The Morgan fingerprint density at radius 2 is 1.57 bits per heavy atom. The number of amides is 1. The van der Waals surface area contributed by atoms with E-state index in [1.165, 1.54) is 30.5 Å². The molecule has 0 spiro atoms. The maximum atomic E-state index is 13.2. The van der Waals surface area contributed by atoms with Gasteiger partial charge in [0.05, 0.1) is 12.1 Å². The molecule has 0 atom stereocenters. The molecule has 1 amide bonds. The van der Waals surface area contributed by atoms with Crippen LogP contribution in [0.25, 0.3) is 10.9 Å². The minimum Gasteiger partial charge on any atom is -0.372 e. The summed E-state index contributed by atoms with van der Waals surface area (Å²) in [6.45, 7) is 9.48. The summed E-state index contributed by atoms with van der Waals surface area (Å²) in [5.74, 6) is -0.186. The van der Waals surface area contributed by atoms with Crippen molar-refractivity contribution in [2.45, 2.75) is 52.0 Å². The van der Waals surface area contributed by atoms with Gasteiger partial charge in [0.1, 0.15) is 0 Å². The first-order valence-electron chi connectivity index (χ1n) is 12.6. The molecule has 5 nitrogen and oxygen atoms in total. The molecule has 0 unspecified atom stereocenters. The topological polar surface area (TPSA) is 50.2 Å². The Labute approximate surface area is 207 Å². The van der Waals surface area contributed by atoms with Crippen molar-refractivity contribution in [3.8, 4) is 0 Å². The summed E-state index contributed by atoms with van der Waals surface area (Å²) in [4.78, 5) is 15.7. The standard InChI is InChI=1S/C30H34N4O/c1-30(2,3)23-13-11-22(12-14-23)21-34-27-10-6-5-9-26(27)28(32-34)29(35)31-24-15-17-25(18-16-24)33-19-7-4-8-20-33/h5-6,9-18H,4,7-8,19-21H2,1-3H3,(H,31,35). The van der Waals surface area contributed by atoms with E-state index in [4.69, 9.17) is 5.10 Å². The number of nitrogens with zero attached hydrogens (tertiary/aromatic N) is 3. The SMILES string of the molecule is CC(C)(C)c1ccc(Cn2nc(C(=O)Nc3ccc(N4CCCCC4)cc3)c3ccccc32)cc1. The average Bonchev–Trinajstić information content (AvgIpc) is 3.23. The maximum Gasteiger partial charge on any atom is 0.276 e. The minimum atomic E-state index is -0.186. The predicted octanol–water partition coefficient (Wildman–Crippen LogP) is 6.62. The van der Waals surface area contributed by atoms with Crippen LogP contribution in [-0.2, 0) is 12.0 Å². The van der Waals surface area contributed by atoms with Crippen LogP contribution in [0.3, 0.4) is 0 Å². The van der Waals surface area contributed by atoms with E-state index in [0.717, 1.165) is 35.2 Å². The highest BCUT2D eigenvalue weighted by Crippen LogP contribution is 2.25. The first kappa shape index (κ1) is 23.2. The van der Waals surface area contributed by atoms with E-state index in [1.807, 2.05) is 41.1 Å². The molecule has 3 aromatic carbocycles. The van der Waals surface area contributed by atoms with Gasteiger partial charge in [0.15, 0.2) is 5.69 Å². The van der Waals surface area contributed by atoms with Gasteiger partial charge < -0.3 is 10.2 Å². The number of para-hydroxylation sites is 1. The lowest BCUT2D eigenvalue weighted by Gasteiger charge is -2.28. The van der Waals surface area contributed by atoms with Crippen LogP contribution in [0.2, 0.25) is 0 Å². The molecule has 1 aliphatic rings. The fraction of sp³-hybridized carbons (Fsp3) is 0.333. The Balaban J connectivity index is 1.35. The molecule has 0 bridgehead atoms. The molecule has 5 rings (SSSR count). The number of benzene rings is 3. The second kappa shape index (κ2) is 9.57. The van der Waals surface area contributed by atoms with Gasteiger partial charge in [0, 0.05) is 29.9 Å². The first-order chi connectivity index (χ1) is 16.9. The van der Waals surface area contributed by atoms with Gasteiger partial charge in [-0.2, -0.15) is 5.10 Å². The highest BCUT2D eigenvalue weighted by molar-refractivity contribution is 6.11. The van der Waals surface area contributed by atoms with E-state index in [-0.39, 0.29) is 11.3 Å². The number of carbonyl (C=O) groups is 1. The number of carbonyl (C=O) groups excluding carboxylic acids is 1. The van der Waals surface area contributed by atoms with Gasteiger partial charge in [-0.1, -0.05) is 63.2 Å². The number of hydrogen-bond donors (Lipinski definition) is 1. The number of rotatable bonds is 5. The molecule has 1 aliphatic heterocycles. The van der Waals surface area contributed by atoms with E-state index < -0.39 is 0 Å². The van der Waals surface area contributed by atoms with Crippen LogP contribution < -0.4 is 10.2 Å². The summed E-state index contributed by atoms with van der Waals surface area (Å²) in [6.07, 6.45) is 3.80. The molecular formula is C30H34N4O. The fourth-order valence-corrected chi connectivity index (χ4v) is 4.80. The van der Waals surface area contributed by atoms with Crippen molar-refractivity contribution < 1.29 is 4.79 Å². The zero-order valence-corrected chi connectivity index (χ0v) is 20.9. The molecule has 1 aromatic heterocycles. The molecule has 1 saturated heterocycles. The van der Waals surface area contributed by atoms with Crippen LogP contribution in [0.1, 0.15) is 61.6 Å². The lowest BCUT2D eigenvalue weighted by atomic mass is 9.87. The number of fused-ring (bicyclic) bond motifs is 1. The third-order valence-corrected chi connectivity index (χ3v) is 6.87. The van der Waals surface area contributed by atoms with E-state index in [2.05, 4.69) is 67.4 Å². The van der Waals surface area contributed by atoms with E-state index in [0.29, 0.717) is 12.2 Å². The number of aromatic nitrogens is 2. The normalized spacial score (nSPS) is 14.3. The number of hydrogen-bond acceptors (Lipinski definition) is 3. The quantitative estimate of drug-likeness (QED) is 0.359. The van der Waals surface area contributed by atoms with Crippen LogP contribution >= 0.6 is 0 Å². The summed E-state index contributed by atoms with van der Waals surface area (Å²) >= 11 is 0. The van der Waals surface area contributed by atoms with Crippen molar-refractivity contribution >= 4 is 28.2 Å². The van der Waals surface area contributed by atoms with Gasteiger partial charge in [-0.25, -0.2) is 0 Å². The molecule has 0 radical (unpaired) electrons. The van der Waals surface area contributed by atoms with Crippen LogP contribution in [0.15, 0.2) is 72.8 Å².